The third kappa shape index (κ3) is 3.23. The molecule has 0 bridgehead atoms. The van der Waals surface area contributed by atoms with E-state index in [1.807, 2.05) is 49.4 Å². The number of benzene rings is 1. The largest absolute Gasteiger partial charge is 0.467 e. The summed E-state index contributed by atoms with van der Waals surface area (Å²) in [4.78, 5) is 14.1. The van der Waals surface area contributed by atoms with Crippen LogP contribution in [0.3, 0.4) is 0 Å². The number of rotatable bonds is 5. The number of hydrogen-bond donors (Lipinski definition) is 1. The molecule has 0 aliphatic rings. The molecular formula is C15H18N2O2. The molecule has 0 aliphatic heterocycles. The molecule has 1 aromatic heterocycles. The van der Waals surface area contributed by atoms with Crippen molar-refractivity contribution in [1.29, 1.82) is 0 Å². The highest BCUT2D eigenvalue weighted by Gasteiger charge is 2.21. The molecule has 0 spiro atoms. The molecule has 19 heavy (non-hydrogen) atoms. The number of hydrogen-bond acceptors (Lipinski definition) is 3. The molecule has 1 heterocycles. The van der Waals surface area contributed by atoms with Gasteiger partial charge in [0.25, 0.3) is 0 Å². The molecule has 1 amide bonds. The maximum absolute atomic E-state index is 12.4. The van der Waals surface area contributed by atoms with Gasteiger partial charge in [0.1, 0.15) is 11.8 Å². The first kappa shape index (κ1) is 13.4. The molecule has 0 radical (unpaired) electrons. The topological polar surface area (TPSA) is 59.5 Å². The number of amides is 1. The molecule has 100 valence electrons. The Kier molecular flexibility index (Phi) is 4.36. The summed E-state index contributed by atoms with van der Waals surface area (Å²) < 4.78 is 5.27. The minimum absolute atomic E-state index is 0.0925. The van der Waals surface area contributed by atoms with E-state index >= 15 is 0 Å². The van der Waals surface area contributed by atoms with Gasteiger partial charge in [-0.3, -0.25) is 4.79 Å². The van der Waals surface area contributed by atoms with E-state index in [0.717, 1.165) is 11.3 Å². The highest BCUT2D eigenvalue weighted by atomic mass is 16.3. The summed E-state index contributed by atoms with van der Waals surface area (Å²) in [5, 5.41) is 0. The van der Waals surface area contributed by atoms with E-state index in [-0.39, 0.29) is 5.91 Å². The van der Waals surface area contributed by atoms with E-state index in [1.165, 1.54) is 0 Å². The quantitative estimate of drug-likeness (QED) is 0.895. The molecule has 0 saturated heterocycles. The first-order valence-corrected chi connectivity index (χ1v) is 6.34. The molecule has 4 nitrogen and oxygen atoms in total. The van der Waals surface area contributed by atoms with Crippen molar-refractivity contribution < 1.29 is 9.21 Å². The van der Waals surface area contributed by atoms with Gasteiger partial charge in [-0.05, 0) is 24.6 Å². The summed E-state index contributed by atoms with van der Waals surface area (Å²) in [6.07, 6.45) is 1.60. The maximum atomic E-state index is 12.4. The van der Waals surface area contributed by atoms with Crippen molar-refractivity contribution >= 4 is 5.91 Å². The lowest BCUT2D eigenvalue weighted by Crippen LogP contribution is -2.37. The molecule has 2 rings (SSSR count). The fraction of sp³-hybridized carbons (Fsp3) is 0.267. The fourth-order valence-corrected chi connectivity index (χ4v) is 1.94. The number of nitrogens with two attached hydrogens (primary N) is 1. The Labute approximate surface area is 112 Å². The second-order valence-corrected chi connectivity index (χ2v) is 4.32. The van der Waals surface area contributed by atoms with E-state index in [1.54, 1.807) is 11.2 Å². The van der Waals surface area contributed by atoms with Crippen LogP contribution in [-0.2, 0) is 11.3 Å². The third-order valence-corrected chi connectivity index (χ3v) is 3.04. The normalized spacial score (nSPS) is 12.1. The summed E-state index contributed by atoms with van der Waals surface area (Å²) in [5.41, 5.74) is 6.85. The van der Waals surface area contributed by atoms with Crippen LogP contribution < -0.4 is 5.73 Å². The minimum Gasteiger partial charge on any atom is -0.467 e. The molecule has 0 fully saturated rings. The predicted octanol–water partition coefficient (Wildman–Crippen LogP) is 2.33. The number of nitrogens with zero attached hydrogens (tertiary/aromatic N) is 1. The van der Waals surface area contributed by atoms with Crippen molar-refractivity contribution in [2.45, 2.75) is 19.5 Å². The van der Waals surface area contributed by atoms with Crippen LogP contribution in [0.1, 0.15) is 24.3 Å². The molecule has 1 aromatic carbocycles. The SMILES string of the molecule is CCN(Cc1ccco1)C(=O)C(N)c1ccccc1. The zero-order valence-electron chi connectivity index (χ0n) is 11.0. The molecule has 2 aromatic rings. The highest BCUT2D eigenvalue weighted by Crippen LogP contribution is 2.15. The van der Waals surface area contributed by atoms with E-state index < -0.39 is 6.04 Å². The smallest absolute Gasteiger partial charge is 0.244 e. The van der Waals surface area contributed by atoms with E-state index in [0.29, 0.717) is 13.1 Å². The van der Waals surface area contributed by atoms with Gasteiger partial charge in [0.05, 0.1) is 12.8 Å². The van der Waals surface area contributed by atoms with Gasteiger partial charge >= 0.3 is 0 Å². The van der Waals surface area contributed by atoms with Gasteiger partial charge < -0.3 is 15.1 Å². The lowest BCUT2D eigenvalue weighted by molar-refractivity contribution is -0.133. The Hall–Kier alpha value is -2.07. The first-order chi connectivity index (χ1) is 9.22. The average Bonchev–Trinajstić information content (AvgIpc) is 2.97. The Morgan fingerprint density at radius 3 is 2.58 bits per heavy atom. The van der Waals surface area contributed by atoms with Crippen molar-refractivity contribution in [3.63, 3.8) is 0 Å². The van der Waals surface area contributed by atoms with Crippen LogP contribution in [0, 0.1) is 0 Å². The zero-order valence-corrected chi connectivity index (χ0v) is 11.0. The Morgan fingerprint density at radius 2 is 2.00 bits per heavy atom. The number of likely N-dealkylation sites (N-methyl/N-ethyl adjacent to an activating group) is 1. The van der Waals surface area contributed by atoms with E-state index in [2.05, 4.69) is 0 Å². The second-order valence-electron chi connectivity index (χ2n) is 4.32. The van der Waals surface area contributed by atoms with Crippen LogP contribution >= 0.6 is 0 Å². The minimum atomic E-state index is -0.629. The number of carbonyl (C=O) groups excluding carboxylic acids is 1. The lowest BCUT2D eigenvalue weighted by Gasteiger charge is -2.23. The average molecular weight is 258 g/mol. The van der Waals surface area contributed by atoms with Crippen molar-refractivity contribution in [1.82, 2.24) is 4.90 Å². The van der Waals surface area contributed by atoms with E-state index in [9.17, 15) is 4.79 Å². The molecule has 1 unspecified atom stereocenters. The van der Waals surface area contributed by atoms with Crippen LogP contribution in [0.4, 0.5) is 0 Å². The fourth-order valence-electron chi connectivity index (χ4n) is 1.94. The Morgan fingerprint density at radius 1 is 1.26 bits per heavy atom. The summed E-state index contributed by atoms with van der Waals surface area (Å²) >= 11 is 0. The van der Waals surface area contributed by atoms with Crippen molar-refractivity contribution in [2.75, 3.05) is 6.54 Å². The summed E-state index contributed by atoms with van der Waals surface area (Å²) in [7, 11) is 0. The van der Waals surface area contributed by atoms with Gasteiger partial charge in [-0.25, -0.2) is 0 Å². The van der Waals surface area contributed by atoms with Crippen molar-refractivity contribution in [3.8, 4) is 0 Å². The summed E-state index contributed by atoms with van der Waals surface area (Å²) in [5.74, 6) is 0.667. The third-order valence-electron chi connectivity index (χ3n) is 3.04. The molecule has 2 N–H and O–H groups in total. The molecule has 0 saturated carbocycles. The molecule has 0 aliphatic carbocycles. The van der Waals surface area contributed by atoms with Gasteiger partial charge in [-0.1, -0.05) is 30.3 Å². The van der Waals surface area contributed by atoms with Crippen molar-refractivity contribution in [2.24, 2.45) is 5.73 Å². The van der Waals surface area contributed by atoms with Gasteiger partial charge in [-0.15, -0.1) is 0 Å². The lowest BCUT2D eigenvalue weighted by atomic mass is 10.1. The highest BCUT2D eigenvalue weighted by molar-refractivity contribution is 5.83. The molecule has 1 atom stereocenters. The Bertz CT molecular complexity index is 508. The summed E-state index contributed by atoms with van der Waals surface area (Å²) in [6.45, 7) is 2.97. The van der Waals surface area contributed by atoms with Crippen LogP contribution in [0.2, 0.25) is 0 Å². The van der Waals surface area contributed by atoms with Gasteiger partial charge in [0.15, 0.2) is 0 Å². The van der Waals surface area contributed by atoms with Gasteiger partial charge in [0.2, 0.25) is 5.91 Å². The predicted molar refractivity (Wildman–Crippen MR) is 73.2 cm³/mol. The monoisotopic (exact) mass is 258 g/mol. The van der Waals surface area contributed by atoms with Crippen LogP contribution in [0.5, 0.6) is 0 Å². The standard InChI is InChI=1S/C15H18N2O2/c1-2-17(11-13-9-6-10-19-13)15(18)14(16)12-7-4-3-5-8-12/h3-10,14H,2,11,16H2,1H3. The molecular weight excluding hydrogens is 240 g/mol. The van der Waals surface area contributed by atoms with Gasteiger partial charge in [-0.2, -0.15) is 0 Å². The molecule has 4 heteroatoms. The first-order valence-electron chi connectivity index (χ1n) is 6.34. The Balaban J connectivity index is 2.08. The van der Waals surface area contributed by atoms with Gasteiger partial charge in [0, 0.05) is 6.54 Å². The summed E-state index contributed by atoms with van der Waals surface area (Å²) in [6, 6.07) is 12.4. The second kappa shape index (κ2) is 6.20. The van der Waals surface area contributed by atoms with E-state index in [4.69, 9.17) is 10.2 Å². The zero-order chi connectivity index (χ0) is 13.7. The number of furan rings is 1. The van der Waals surface area contributed by atoms with Crippen LogP contribution in [0.25, 0.3) is 0 Å². The van der Waals surface area contributed by atoms with Crippen molar-refractivity contribution in [3.05, 3.63) is 60.1 Å². The van der Waals surface area contributed by atoms with Crippen LogP contribution in [-0.4, -0.2) is 17.4 Å². The van der Waals surface area contributed by atoms with Crippen LogP contribution in [0.15, 0.2) is 53.1 Å². The maximum Gasteiger partial charge on any atom is 0.244 e. The number of carbonyl (C=O) groups is 1.